The minimum Gasteiger partial charge on any atom is -0.326 e. The van der Waals surface area contributed by atoms with Crippen LogP contribution in [0.4, 0.5) is 5.69 Å². The number of hydrogen-bond donors (Lipinski definition) is 1. The molecule has 1 N–H and O–H groups in total. The largest absolute Gasteiger partial charge is 0.326 e. The van der Waals surface area contributed by atoms with E-state index in [4.69, 9.17) is 0 Å². The SMILES string of the molecule is Cc1ccc(NC(=O)C2(C)CC2)cc1. The number of carbonyl (C=O) groups is 1. The molecule has 1 amide bonds. The van der Waals surface area contributed by atoms with Crippen LogP contribution in [-0.4, -0.2) is 5.91 Å². The monoisotopic (exact) mass is 189 g/mol. The van der Waals surface area contributed by atoms with Gasteiger partial charge in [0.1, 0.15) is 0 Å². The molecule has 1 fully saturated rings. The van der Waals surface area contributed by atoms with Crippen LogP contribution in [0.25, 0.3) is 0 Å². The number of nitrogens with one attached hydrogen (secondary N) is 1. The van der Waals surface area contributed by atoms with Crippen LogP contribution in [0.15, 0.2) is 24.3 Å². The molecular formula is C12H15NO. The minimum atomic E-state index is -0.0924. The molecule has 0 heterocycles. The zero-order chi connectivity index (χ0) is 10.2. The summed E-state index contributed by atoms with van der Waals surface area (Å²) in [5.74, 6) is 0.154. The number of aryl methyl sites for hydroxylation is 1. The van der Waals surface area contributed by atoms with Gasteiger partial charge in [-0.05, 0) is 31.9 Å². The summed E-state index contributed by atoms with van der Waals surface area (Å²) in [5, 5.41) is 2.93. The third-order valence-electron chi connectivity index (χ3n) is 2.86. The molecule has 0 unspecified atom stereocenters. The van der Waals surface area contributed by atoms with E-state index in [1.807, 2.05) is 38.1 Å². The van der Waals surface area contributed by atoms with Gasteiger partial charge in [-0.3, -0.25) is 4.79 Å². The molecule has 0 radical (unpaired) electrons. The Kier molecular flexibility index (Phi) is 2.06. The van der Waals surface area contributed by atoms with Gasteiger partial charge in [0.05, 0.1) is 0 Å². The van der Waals surface area contributed by atoms with E-state index in [1.54, 1.807) is 0 Å². The predicted octanol–water partition coefficient (Wildman–Crippen LogP) is 2.73. The molecule has 14 heavy (non-hydrogen) atoms. The summed E-state index contributed by atoms with van der Waals surface area (Å²) in [6, 6.07) is 7.90. The van der Waals surface area contributed by atoms with Gasteiger partial charge in [0.2, 0.25) is 5.91 Å². The van der Waals surface area contributed by atoms with E-state index in [0.717, 1.165) is 18.5 Å². The van der Waals surface area contributed by atoms with E-state index < -0.39 is 0 Å². The second-order valence-electron chi connectivity index (χ2n) is 4.38. The van der Waals surface area contributed by atoms with Crippen LogP contribution in [0, 0.1) is 12.3 Å². The van der Waals surface area contributed by atoms with E-state index in [9.17, 15) is 4.79 Å². The summed E-state index contributed by atoms with van der Waals surface area (Å²) < 4.78 is 0. The fourth-order valence-corrected chi connectivity index (χ4v) is 1.33. The predicted molar refractivity (Wildman–Crippen MR) is 57.1 cm³/mol. The van der Waals surface area contributed by atoms with Gasteiger partial charge in [0, 0.05) is 11.1 Å². The number of carbonyl (C=O) groups excluding carboxylic acids is 1. The van der Waals surface area contributed by atoms with Crippen molar-refractivity contribution in [2.75, 3.05) is 5.32 Å². The lowest BCUT2D eigenvalue weighted by Gasteiger charge is -2.09. The molecule has 2 rings (SSSR count). The average molecular weight is 189 g/mol. The van der Waals surface area contributed by atoms with Gasteiger partial charge in [-0.15, -0.1) is 0 Å². The van der Waals surface area contributed by atoms with E-state index in [1.165, 1.54) is 5.56 Å². The van der Waals surface area contributed by atoms with Crippen molar-refractivity contribution in [3.63, 3.8) is 0 Å². The zero-order valence-corrected chi connectivity index (χ0v) is 8.63. The van der Waals surface area contributed by atoms with Gasteiger partial charge < -0.3 is 5.32 Å². The molecule has 1 saturated carbocycles. The quantitative estimate of drug-likeness (QED) is 0.761. The first-order valence-electron chi connectivity index (χ1n) is 4.98. The summed E-state index contributed by atoms with van der Waals surface area (Å²) in [6.45, 7) is 4.05. The summed E-state index contributed by atoms with van der Waals surface area (Å²) in [4.78, 5) is 11.7. The Morgan fingerprint density at radius 2 is 1.86 bits per heavy atom. The molecule has 74 valence electrons. The molecule has 0 aromatic heterocycles. The number of amides is 1. The Labute approximate surface area is 84.3 Å². The lowest BCUT2D eigenvalue weighted by atomic mass is 10.1. The van der Waals surface area contributed by atoms with Crippen LogP contribution in [0.3, 0.4) is 0 Å². The van der Waals surface area contributed by atoms with Crippen molar-refractivity contribution in [3.8, 4) is 0 Å². The summed E-state index contributed by atoms with van der Waals surface area (Å²) >= 11 is 0. The molecule has 0 saturated heterocycles. The first-order valence-corrected chi connectivity index (χ1v) is 4.98. The van der Waals surface area contributed by atoms with Gasteiger partial charge in [-0.2, -0.15) is 0 Å². The van der Waals surface area contributed by atoms with Crippen molar-refractivity contribution in [2.24, 2.45) is 5.41 Å². The first-order chi connectivity index (χ1) is 6.60. The molecular weight excluding hydrogens is 174 g/mol. The van der Waals surface area contributed by atoms with Crippen molar-refractivity contribution >= 4 is 11.6 Å². The number of anilines is 1. The minimum absolute atomic E-state index is 0.0924. The van der Waals surface area contributed by atoms with Crippen molar-refractivity contribution in [3.05, 3.63) is 29.8 Å². The molecule has 0 bridgehead atoms. The lowest BCUT2D eigenvalue weighted by Crippen LogP contribution is -2.21. The van der Waals surface area contributed by atoms with Crippen molar-refractivity contribution in [1.29, 1.82) is 0 Å². The van der Waals surface area contributed by atoms with Crippen LogP contribution in [0.1, 0.15) is 25.3 Å². The third-order valence-corrected chi connectivity index (χ3v) is 2.86. The Bertz CT molecular complexity index is 349. The summed E-state index contributed by atoms with van der Waals surface area (Å²) in [5.41, 5.74) is 2.01. The number of rotatable bonds is 2. The summed E-state index contributed by atoms with van der Waals surface area (Å²) in [7, 11) is 0. The molecule has 1 aromatic carbocycles. The molecule has 2 nitrogen and oxygen atoms in total. The smallest absolute Gasteiger partial charge is 0.230 e. The van der Waals surface area contributed by atoms with E-state index in [0.29, 0.717) is 0 Å². The van der Waals surface area contributed by atoms with Crippen LogP contribution in [0.5, 0.6) is 0 Å². The maximum Gasteiger partial charge on any atom is 0.230 e. The van der Waals surface area contributed by atoms with E-state index >= 15 is 0 Å². The van der Waals surface area contributed by atoms with Gasteiger partial charge in [-0.1, -0.05) is 24.6 Å². The fourth-order valence-electron chi connectivity index (χ4n) is 1.33. The van der Waals surface area contributed by atoms with Gasteiger partial charge in [-0.25, -0.2) is 0 Å². The zero-order valence-electron chi connectivity index (χ0n) is 8.63. The molecule has 1 aliphatic carbocycles. The van der Waals surface area contributed by atoms with Crippen molar-refractivity contribution in [2.45, 2.75) is 26.7 Å². The van der Waals surface area contributed by atoms with Gasteiger partial charge in [0.25, 0.3) is 0 Å². The number of benzene rings is 1. The maximum atomic E-state index is 11.7. The lowest BCUT2D eigenvalue weighted by molar-refractivity contribution is -0.120. The normalized spacial score (nSPS) is 17.6. The van der Waals surface area contributed by atoms with Crippen molar-refractivity contribution < 1.29 is 4.79 Å². The van der Waals surface area contributed by atoms with Gasteiger partial charge in [0.15, 0.2) is 0 Å². The Balaban J connectivity index is 2.04. The second-order valence-corrected chi connectivity index (χ2v) is 4.38. The highest BCUT2D eigenvalue weighted by Crippen LogP contribution is 2.45. The van der Waals surface area contributed by atoms with E-state index in [-0.39, 0.29) is 11.3 Å². The molecule has 1 aliphatic rings. The van der Waals surface area contributed by atoms with Crippen LogP contribution in [0.2, 0.25) is 0 Å². The van der Waals surface area contributed by atoms with Gasteiger partial charge >= 0.3 is 0 Å². The topological polar surface area (TPSA) is 29.1 Å². The maximum absolute atomic E-state index is 11.7. The van der Waals surface area contributed by atoms with Crippen LogP contribution >= 0.6 is 0 Å². The van der Waals surface area contributed by atoms with Crippen LogP contribution in [-0.2, 0) is 4.79 Å². The highest BCUT2D eigenvalue weighted by Gasteiger charge is 2.44. The highest BCUT2D eigenvalue weighted by atomic mass is 16.2. The molecule has 0 aliphatic heterocycles. The second kappa shape index (κ2) is 3.12. The molecule has 2 heteroatoms. The molecule has 1 aromatic rings. The number of hydrogen-bond acceptors (Lipinski definition) is 1. The van der Waals surface area contributed by atoms with Crippen LogP contribution < -0.4 is 5.32 Å². The third kappa shape index (κ3) is 1.79. The van der Waals surface area contributed by atoms with E-state index in [2.05, 4.69) is 5.32 Å². The average Bonchev–Trinajstić information content (AvgIpc) is 2.89. The fraction of sp³-hybridized carbons (Fsp3) is 0.417. The Morgan fingerprint density at radius 3 is 2.36 bits per heavy atom. The standard InChI is InChI=1S/C12H15NO/c1-9-3-5-10(6-4-9)13-11(14)12(2)7-8-12/h3-6H,7-8H2,1-2H3,(H,13,14). The Hall–Kier alpha value is -1.31. The first kappa shape index (κ1) is 9.25. The van der Waals surface area contributed by atoms with Crippen molar-refractivity contribution in [1.82, 2.24) is 0 Å². The Morgan fingerprint density at radius 1 is 1.29 bits per heavy atom. The molecule has 0 atom stereocenters. The highest BCUT2D eigenvalue weighted by molar-refractivity contribution is 5.96. The molecule has 0 spiro atoms. The summed E-state index contributed by atoms with van der Waals surface area (Å²) in [6.07, 6.45) is 2.04.